The number of pyridine rings is 1. The van der Waals surface area contributed by atoms with Gasteiger partial charge in [-0.2, -0.15) is 0 Å². The number of nitrogens with one attached hydrogen (secondary N) is 1. The molecular weight excluding hydrogens is 881 g/mol. The van der Waals surface area contributed by atoms with Crippen molar-refractivity contribution in [3.63, 3.8) is 0 Å². The maximum absolute atomic E-state index is 13.7. The van der Waals surface area contributed by atoms with Crippen LogP contribution in [0.25, 0.3) is 10.9 Å². The number of hydrogen-bond acceptors (Lipinski definition) is 17. The van der Waals surface area contributed by atoms with Gasteiger partial charge in [0.05, 0.1) is 42.4 Å². The number of fused-ring (bicyclic) bond motifs is 1. The number of amides is 1. The van der Waals surface area contributed by atoms with Crippen LogP contribution in [0.5, 0.6) is 0 Å². The smallest absolute Gasteiger partial charge is 0.305 e. The molecule has 15 atom stereocenters. The summed E-state index contributed by atoms with van der Waals surface area (Å²) in [4.78, 5) is 60.0. The molecule has 4 heterocycles. The number of methoxy groups -OCH3 is 1. The van der Waals surface area contributed by atoms with Crippen LogP contribution in [0.4, 0.5) is 0 Å². The molecule has 4 N–H and O–H groups in total. The Morgan fingerprint density at radius 3 is 2.40 bits per heavy atom. The summed E-state index contributed by atoms with van der Waals surface area (Å²) in [7, 11) is 4.94. The van der Waals surface area contributed by atoms with Crippen LogP contribution in [0.15, 0.2) is 36.5 Å². The van der Waals surface area contributed by atoms with Crippen molar-refractivity contribution in [1.29, 1.82) is 0 Å². The Labute approximate surface area is 401 Å². The predicted octanol–water partition coefficient (Wildman–Crippen LogP) is 3.32. The number of ether oxygens (including phenoxy) is 7. The summed E-state index contributed by atoms with van der Waals surface area (Å²) in [6, 6.07) is 9.31. The number of likely N-dealkylation sites (N-methyl/N-ethyl adjacent to an activating group) is 1. The van der Waals surface area contributed by atoms with Crippen molar-refractivity contribution in [2.24, 2.45) is 11.8 Å². The molecule has 1 amide bonds. The van der Waals surface area contributed by atoms with E-state index >= 15 is 0 Å². The van der Waals surface area contributed by atoms with Crippen molar-refractivity contribution < 1.29 is 67.7 Å². The van der Waals surface area contributed by atoms with Crippen LogP contribution < -0.4 is 5.32 Å². The monoisotopic (exact) mass is 959 g/mol. The number of para-hydroxylation sites is 1. The van der Waals surface area contributed by atoms with E-state index in [1.807, 2.05) is 37.4 Å². The summed E-state index contributed by atoms with van der Waals surface area (Å²) in [5.41, 5.74) is 0.636. The Kier molecular flexibility index (Phi) is 21.1. The summed E-state index contributed by atoms with van der Waals surface area (Å²) < 4.78 is 43.5. The predicted molar refractivity (Wildman–Crippen MR) is 251 cm³/mol. The largest absolute Gasteiger partial charge is 0.459 e. The van der Waals surface area contributed by atoms with Gasteiger partial charge in [-0.25, -0.2) is 0 Å². The fourth-order valence-corrected chi connectivity index (χ4v) is 10.0. The SMILES string of the molecule is CCC(=O)O[C@@H]1CC(=O)NCCCN(CCCc2ccnc3ccccc23)C[C@H](O)[C@H](C)C[C@H](CC=O)[C@H](O[C@@H]2OC(C)[C@@H](O[C@H]3CC(C)(O)[C@@H](OC(=O)CC)C(C)O3)C(N(C)C)C2O)[C@H]1OC. The van der Waals surface area contributed by atoms with Crippen LogP contribution in [-0.2, 0) is 58.8 Å². The second kappa shape index (κ2) is 26.0. The van der Waals surface area contributed by atoms with Gasteiger partial charge in [0.2, 0.25) is 5.91 Å². The minimum atomic E-state index is -1.49. The molecule has 1 aromatic carbocycles. The molecule has 0 radical (unpaired) electrons. The van der Waals surface area contributed by atoms with Crippen LogP contribution in [0, 0.1) is 11.8 Å². The molecule has 18 heteroatoms. The number of aryl methyl sites for hydroxylation is 1. The zero-order valence-electron chi connectivity index (χ0n) is 41.5. The van der Waals surface area contributed by atoms with Gasteiger partial charge >= 0.3 is 11.9 Å². The molecule has 1 aromatic heterocycles. The number of aldehydes is 1. The number of esters is 2. The normalized spacial score (nSPS) is 34.9. The molecule has 5 unspecified atom stereocenters. The first kappa shape index (κ1) is 55.2. The van der Waals surface area contributed by atoms with E-state index in [4.69, 9.17) is 33.2 Å². The highest BCUT2D eigenvalue weighted by Gasteiger charge is 2.53. The van der Waals surface area contributed by atoms with Crippen LogP contribution in [-0.4, -0.2) is 181 Å². The molecular formula is C50H78N4O14. The van der Waals surface area contributed by atoms with Crippen LogP contribution >= 0.6 is 0 Å². The number of hydrogen-bond donors (Lipinski definition) is 4. The Morgan fingerprint density at radius 1 is 1.00 bits per heavy atom. The van der Waals surface area contributed by atoms with Gasteiger partial charge in [-0.1, -0.05) is 39.0 Å². The number of nitrogens with zero attached hydrogens (tertiary/aromatic N) is 3. The number of carbonyl (C=O) groups excluding carboxylic acids is 4. The first-order valence-electron chi connectivity index (χ1n) is 24.4. The first-order chi connectivity index (χ1) is 32.4. The number of aliphatic hydroxyl groups excluding tert-OH is 2. The zero-order valence-corrected chi connectivity index (χ0v) is 41.5. The molecule has 3 fully saturated rings. The Morgan fingerprint density at radius 2 is 1.72 bits per heavy atom. The molecule has 0 aliphatic carbocycles. The average Bonchev–Trinajstić information content (AvgIpc) is 3.29. The highest BCUT2D eigenvalue weighted by atomic mass is 16.7. The zero-order chi connectivity index (χ0) is 49.7. The van der Waals surface area contributed by atoms with E-state index in [0.29, 0.717) is 32.6 Å². The summed E-state index contributed by atoms with van der Waals surface area (Å²) in [6.07, 6.45) is -6.36. The van der Waals surface area contributed by atoms with Crippen molar-refractivity contribution in [2.45, 2.75) is 178 Å². The van der Waals surface area contributed by atoms with Crippen molar-refractivity contribution in [3.05, 3.63) is 42.1 Å². The van der Waals surface area contributed by atoms with E-state index < -0.39 is 97.0 Å². The number of rotatable bonds is 16. The van der Waals surface area contributed by atoms with Crippen molar-refractivity contribution in [2.75, 3.05) is 47.4 Å². The number of aliphatic hydroxyl groups is 3. The van der Waals surface area contributed by atoms with Gasteiger partial charge in [-0.3, -0.25) is 19.4 Å². The number of carbonyl (C=O) groups is 4. The Hall–Kier alpha value is -3.69. The lowest BCUT2D eigenvalue weighted by atomic mass is 9.82. The lowest BCUT2D eigenvalue weighted by molar-refractivity contribution is -0.344. The fourth-order valence-electron chi connectivity index (χ4n) is 10.0. The molecule has 3 aliphatic rings. The third-order valence-electron chi connectivity index (χ3n) is 13.7. The third-order valence-corrected chi connectivity index (χ3v) is 13.7. The Bertz CT molecular complexity index is 1920. The molecule has 382 valence electrons. The first-order valence-corrected chi connectivity index (χ1v) is 24.4. The molecule has 2 aromatic rings. The quantitative estimate of drug-likeness (QED) is 0.140. The Balaban J connectivity index is 1.40. The lowest BCUT2D eigenvalue weighted by Crippen LogP contribution is -2.66. The maximum atomic E-state index is 13.7. The number of β-amino-alcohol motifs (C(OH)–C–C–N with tert-alkyl or cyclic N) is 1. The van der Waals surface area contributed by atoms with E-state index in [1.54, 1.807) is 53.6 Å². The van der Waals surface area contributed by atoms with Gasteiger partial charge in [0.15, 0.2) is 18.7 Å². The van der Waals surface area contributed by atoms with E-state index in [9.17, 15) is 34.5 Å². The topological polar surface area (TPSA) is 225 Å². The molecule has 0 spiro atoms. The maximum Gasteiger partial charge on any atom is 0.305 e. The van der Waals surface area contributed by atoms with Crippen molar-refractivity contribution in [3.8, 4) is 0 Å². The van der Waals surface area contributed by atoms with E-state index in [2.05, 4.69) is 21.3 Å². The number of aromatic nitrogens is 1. The molecule has 5 rings (SSSR count). The number of benzene rings is 1. The summed E-state index contributed by atoms with van der Waals surface area (Å²) >= 11 is 0. The minimum Gasteiger partial charge on any atom is -0.459 e. The molecule has 0 saturated carbocycles. The highest BCUT2D eigenvalue weighted by Crippen LogP contribution is 2.38. The van der Waals surface area contributed by atoms with Gasteiger partial charge in [-0.15, -0.1) is 0 Å². The second-order valence-corrected chi connectivity index (χ2v) is 19.3. The van der Waals surface area contributed by atoms with Gasteiger partial charge < -0.3 is 68.4 Å². The third kappa shape index (κ3) is 14.7. The standard InChI is InChI=1S/C50H78N4O14/c1-10-40(58)65-38-27-39(57)52-21-15-24-54(23-14-16-33-19-22-51-36-18-13-12-17-35(33)36)29-37(56)30(3)26-34(20-25-55)46(47(38)62-9)68-49-44(60)43(53(7)8)45(31(4)64-49)67-42-28-50(6,61)48(32(5)63-42)66-41(59)11-2/h12-13,17-19,22,25,30-32,34,37-38,42-49,56,60-61H,10-11,14-16,20-21,23-24,26-29H2,1-9H3,(H,52,57)/t30-,31?,32?,34+,37+,38-,42+,43?,44?,45-,46+,47+,48+,49+,50?/m1/s1. The fraction of sp³-hybridized carbons (Fsp3) is 0.740. The van der Waals surface area contributed by atoms with Gasteiger partial charge in [0.25, 0.3) is 0 Å². The van der Waals surface area contributed by atoms with E-state index in [1.165, 1.54) is 12.7 Å². The molecule has 0 bridgehead atoms. The summed E-state index contributed by atoms with van der Waals surface area (Å²) in [5, 5.41) is 39.7. The van der Waals surface area contributed by atoms with Crippen molar-refractivity contribution >= 4 is 35.0 Å². The van der Waals surface area contributed by atoms with Crippen molar-refractivity contribution in [1.82, 2.24) is 20.1 Å². The molecule has 3 aliphatic heterocycles. The second-order valence-electron chi connectivity index (χ2n) is 19.3. The highest BCUT2D eigenvalue weighted by molar-refractivity contribution is 5.81. The minimum absolute atomic E-state index is 0.0195. The van der Waals surface area contributed by atoms with Crippen LogP contribution in [0.2, 0.25) is 0 Å². The summed E-state index contributed by atoms with van der Waals surface area (Å²) in [6.45, 7) is 12.2. The molecule has 3 saturated heterocycles. The van der Waals surface area contributed by atoms with E-state index in [0.717, 1.165) is 30.0 Å². The van der Waals surface area contributed by atoms with Gasteiger partial charge in [0.1, 0.15) is 36.3 Å². The summed E-state index contributed by atoms with van der Waals surface area (Å²) in [5.74, 6) is -2.48. The molecule has 18 nitrogen and oxygen atoms in total. The van der Waals surface area contributed by atoms with Gasteiger partial charge in [0, 0.05) is 57.5 Å². The molecule has 68 heavy (non-hydrogen) atoms. The van der Waals surface area contributed by atoms with Crippen LogP contribution in [0.3, 0.4) is 0 Å². The van der Waals surface area contributed by atoms with E-state index in [-0.39, 0.29) is 50.4 Å². The average molecular weight is 959 g/mol. The lowest BCUT2D eigenvalue weighted by Gasteiger charge is -2.50. The van der Waals surface area contributed by atoms with Crippen LogP contribution in [0.1, 0.15) is 98.5 Å². The van der Waals surface area contributed by atoms with Gasteiger partial charge in [-0.05, 0) is 103 Å².